The second kappa shape index (κ2) is 5.29. The zero-order valence-corrected chi connectivity index (χ0v) is 10.2. The van der Waals surface area contributed by atoms with Gasteiger partial charge in [0.15, 0.2) is 0 Å². The van der Waals surface area contributed by atoms with Gasteiger partial charge < -0.3 is 9.63 Å². The zero-order valence-electron chi connectivity index (χ0n) is 10.2. The van der Waals surface area contributed by atoms with E-state index in [0.29, 0.717) is 6.07 Å². The van der Waals surface area contributed by atoms with Gasteiger partial charge in [-0.05, 0) is 13.0 Å². The highest BCUT2D eigenvalue weighted by atomic mass is 19.1. The maximum atomic E-state index is 13.9. The molecule has 9 heteroatoms. The van der Waals surface area contributed by atoms with Crippen molar-refractivity contribution in [2.75, 3.05) is 0 Å². The lowest BCUT2D eigenvalue weighted by molar-refractivity contribution is -0.387. The number of hydrogen-bond donors (Lipinski definition) is 1. The van der Waals surface area contributed by atoms with Crippen molar-refractivity contribution in [1.29, 1.82) is 0 Å². The Kier molecular flexibility index (Phi) is 3.70. The molecule has 2 rings (SSSR count). The van der Waals surface area contributed by atoms with Crippen molar-refractivity contribution in [1.82, 2.24) is 10.1 Å². The van der Waals surface area contributed by atoms with Crippen molar-refractivity contribution in [3.8, 4) is 11.4 Å². The van der Waals surface area contributed by atoms with Crippen LogP contribution in [0.4, 0.5) is 14.5 Å². The molecule has 0 aliphatic rings. The highest BCUT2D eigenvalue weighted by Gasteiger charge is 2.26. The molecule has 0 fully saturated rings. The molecular formula is C11H9F2N3O4. The number of nitrogens with zero attached hydrogens (tertiary/aromatic N) is 3. The van der Waals surface area contributed by atoms with Crippen LogP contribution in [0.2, 0.25) is 0 Å². The van der Waals surface area contributed by atoms with Gasteiger partial charge >= 0.3 is 5.69 Å². The summed E-state index contributed by atoms with van der Waals surface area (Å²) in [6.07, 6.45) is -0.770. The second-order valence-electron chi connectivity index (χ2n) is 4.08. The van der Waals surface area contributed by atoms with Crippen LogP contribution in [-0.4, -0.2) is 26.3 Å². The number of rotatable bonds is 4. The topological polar surface area (TPSA) is 102 Å². The quantitative estimate of drug-likeness (QED) is 0.679. The van der Waals surface area contributed by atoms with Crippen LogP contribution in [0.5, 0.6) is 0 Å². The molecule has 0 radical (unpaired) electrons. The van der Waals surface area contributed by atoms with Gasteiger partial charge in [0.25, 0.3) is 0 Å². The summed E-state index contributed by atoms with van der Waals surface area (Å²) in [5, 5.41) is 23.1. The Balaban J connectivity index is 2.49. The molecule has 0 aliphatic heterocycles. The first kappa shape index (κ1) is 14.0. The molecule has 0 aliphatic carbocycles. The van der Waals surface area contributed by atoms with E-state index in [4.69, 9.17) is 9.63 Å². The molecule has 1 atom stereocenters. The first-order valence-corrected chi connectivity index (χ1v) is 5.53. The van der Waals surface area contributed by atoms with Crippen molar-refractivity contribution in [2.24, 2.45) is 0 Å². The third-order valence-corrected chi connectivity index (χ3v) is 2.43. The molecule has 1 N–H and O–H groups in total. The van der Waals surface area contributed by atoms with E-state index in [1.165, 1.54) is 6.92 Å². The molecule has 106 valence electrons. The number of nitro groups is 1. The summed E-state index contributed by atoms with van der Waals surface area (Å²) in [6.45, 7) is 1.47. The minimum Gasteiger partial charge on any atom is -0.393 e. The highest BCUT2D eigenvalue weighted by molar-refractivity contribution is 5.61. The maximum Gasteiger partial charge on any atom is 0.305 e. The predicted molar refractivity (Wildman–Crippen MR) is 61.7 cm³/mol. The van der Waals surface area contributed by atoms with Gasteiger partial charge in [0.05, 0.1) is 17.4 Å². The number of aliphatic hydroxyl groups is 1. The Labute approximate surface area is 111 Å². The van der Waals surface area contributed by atoms with Crippen molar-refractivity contribution in [3.05, 3.63) is 39.8 Å². The summed E-state index contributed by atoms with van der Waals surface area (Å²) in [5.41, 5.74) is -1.62. The van der Waals surface area contributed by atoms with Gasteiger partial charge in [0.1, 0.15) is 11.4 Å². The molecule has 1 aromatic carbocycles. The van der Waals surface area contributed by atoms with Crippen LogP contribution in [0.3, 0.4) is 0 Å². The van der Waals surface area contributed by atoms with Gasteiger partial charge in [-0.1, -0.05) is 5.16 Å². The molecule has 20 heavy (non-hydrogen) atoms. The molecule has 1 unspecified atom stereocenters. The summed E-state index contributed by atoms with van der Waals surface area (Å²) in [7, 11) is 0. The Morgan fingerprint density at radius 1 is 1.50 bits per heavy atom. The summed E-state index contributed by atoms with van der Waals surface area (Å²) < 4.78 is 32.2. The van der Waals surface area contributed by atoms with E-state index in [1.54, 1.807) is 0 Å². The molecule has 2 aromatic rings. The van der Waals surface area contributed by atoms with Crippen LogP contribution in [0, 0.1) is 21.7 Å². The normalized spacial score (nSPS) is 12.4. The Hall–Kier alpha value is -2.42. The number of benzene rings is 1. The van der Waals surface area contributed by atoms with Crippen molar-refractivity contribution < 1.29 is 23.3 Å². The fraction of sp³-hybridized carbons (Fsp3) is 0.273. The van der Waals surface area contributed by atoms with Crippen LogP contribution in [0.25, 0.3) is 11.4 Å². The minimum atomic E-state index is -1.38. The average Bonchev–Trinajstić information content (AvgIpc) is 2.75. The molecule has 0 amide bonds. The lowest BCUT2D eigenvalue weighted by Crippen LogP contribution is -2.04. The van der Waals surface area contributed by atoms with Gasteiger partial charge in [-0.15, -0.1) is 0 Å². The van der Waals surface area contributed by atoms with Crippen LogP contribution in [0.1, 0.15) is 12.8 Å². The standard InChI is InChI=1S/C11H9F2N3O4/c1-5(17)4-8-14-11(15-20-8)9-6(12)2-3-7(10(9)13)16(18)19/h2-3,5,17H,4H2,1H3. The largest absolute Gasteiger partial charge is 0.393 e. The van der Waals surface area contributed by atoms with Gasteiger partial charge in [-0.2, -0.15) is 9.37 Å². The first-order chi connectivity index (χ1) is 9.40. The maximum absolute atomic E-state index is 13.9. The summed E-state index contributed by atoms with van der Waals surface area (Å²) in [5.74, 6) is -2.89. The number of nitro benzene ring substituents is 1. The summed E-state index contributed by atoms with van der Waals surface area (Å²) >= 11 is 0. The Bertz CT molecular complexity index is 657. The van der Waals surface area contributed by atoms with E-state index in [0.717, 1.165) is 6.07 Å². The van der Waals surface area contributed by atoms with E-state index in [9.17, 15) is 18.9 Å². The smallest absolute Gasteiger partial charge is 0.305 e. The minimum absolute atomic E-state index is 0.00512. The second-order valence-corrected chi connectivity index (χ2v) is 4.08. The average molecular weight is 285 g/mol. The van der Waals surface area contributed by atoms with Crippen molar-refractivity contribution in [2.45, 2.75) is 19.4 Å². The van der Waals surface area contributed by atoms with Crippen LogP contribution in [-0.2, 0) is 6.42 Å². The van der Waals surface area contributed by atoms with Crippen LogP contribution >= 0.6 is 0 Å². The van der Waals surface area contributed by atoms with Gasteiger partial charge in [-0.3, -0.25) is 10.1 Å². The zero-order chi connectivity index (χ0) is 14.9. The fourth-order valence-electron chi connectivity index (χ4n) is 1.58. The fourth-order valence-corrected chi connectivity index (χ4v) is 1.58. The highest BCUT2D eigenvalue weighted by Crippen LogP contribution is 2.29. The molecule has 0 saturated carbocycles. The number of halogens is 2. The lowest BCUT2D eigenvalue weighted by atomic mass is 10.1. The number of hydrogen-bond acceptors (Lipinski definition) is 6. The van der Waals surface area contributed by atoms with E-state index in [-0.39, 0.29) is 12.3 Å². The Morgan fingerprint density at radius 3 is 2.80 bits per heavy atom. The van der Waals surface area contributed by atoms with Crippen molar-refractivity contribution in [3.63, 3.8) is 0 Å². The third-order valence-electron chi connectivity index (χ3n) is 2.43. The summed E-state index contributed by atoms with van der Waals surface area (Å²) in [4.78, 5) is 13.3. The monoisotopic (exact) mass is 285 g/mol. The molecule has 7 nitrogen and oxygen atoms in total. The van der Waals surface area contributed by atoms with Gasteiger partial charge in [-0.25, -0.2) is 4.39 Å². The SMILES string of the molecule is CC(O)Cc1nc(-c2c(F)ccc([N+](=O)[O-])c2F)no1. The van der Waals surface area contributed by atoms with Gasteiger partial charge in [0.2, 0.25) is 17.5 Å². The molecule has 0 bridgehead atoms. The lowest BCUT2D eigenvalue weighted by Gasteiger charge is -2.00. The molecule has 0 spiro atoms. The van der Waals surface area contributed by atoms with Gasteiger partial charge in [0, 0.05) is 6.07 Å². The van der Waals surface area contributed by atoms with E-state index < -0.39 is 39.7 Å². The first-order valence-electron chi connectivity index (χ1n) is 5.53. The third kappa shape index (κ3) is 2.62. The van der Waals surface area contributed by atoms with E-state index in [2.05, 4.69) is 10.1 Å². The number of aromatic nitrogens is 2. The van der Waals surface area contributed by atoms with Crippen molar-refractivity contribution >= 4 is 5.69 Å². The molecule has 1 aromatic heterocycles. The van der Waals surface area contributed by atoms with Crippen LogP contribution in [0.15, 0.2) is 16.7 Å². The Morgan fingerprint density at radius 2 is 2.20 bits per heavy atom. The molecular weight excluding hydrogens is 276 g/mol. The number of aliphatic hydroxyl groups excluding tert-OH is 1. The summed E-state index contributed by atoms with van der Waals surface area (Å²) in [6, 6.07) is 1.46. The van der Waals surface area contributed by atoms with E-state index in [1.807, 2.05) is 0 Å². The van der Waals surface area contributed by atoms with E-state index >= 15 is 0 Å². The predicted octanol–water partition coefficient (Wildman–Crippen LogP) is 1.85. The van der Waals surface area contributed by atoms with Crippen LogP contribution < -0.4 is 0 Å². The molecule has 0 saturated heterocycles. The molecule has 1 heterocycles.